The van der Waals surface area contributed by atoms with E-state index < -0.39 is 6.10 Å². The first-order valence-electron chi connectivity index (χ1n) is 9.19. The lowest BCUT2D eigenvalue weighted by atomic mass is 9.94. The first kappa shape index (κ1) is 17.5. The molecule has 0 amide bonds. The van der Waals surface area contributed by atoms with E-state index in [0.717, 1.165) is 18.0 Å². The molecule has 134 valence electrons. The number of likely N-dealkylation sites (N-methyl/N-ethyl adjacent to an activating group) is 1. The van der Waals surface area contributed by atoms with Gasteiger partial charge in [-0.2, -0.15) is 0 Å². The lowest BCUT2D eigenvalue weighted by molar-refractivity contribution is -0.910. The Labute approximate surface area is 144 Å². The molecule has 3 rings (SSSR count). The van der Waals surface area contributed by atoms with E-state index in [9.17, 15) is 5.11 Å². The molecule has 0 aromatic heterocycles. The van der Waals surface area contributed by atoms with Crippen LogP contribution >= 0.6 is 0 Å². The van der Waals surface area contributed by atoms with Crippen LogP contribution in [0.2, 0.25) is 0 Å². The van der Waals surface area contributed by atoms with Gasteiger partial charge in [0.1, 0.15) is 19.3 Å². The number of nitrogens with one attached hydrogen (secondary N) is 1. The molecule has 2 N–H and O–H groups in total. The predicted molar refractivity (Wildman–Crippen MR) is 91.8 cm³/mol. The quantitative estimate of drug-likeness (QED) is 0.782. The molecule has 5 heteroatoms. The van der Waals surface area contributed by atoms with E-state index in [2.05, 4.69) is 7.05 Å². The average molecular weight is 336 g/mol. The Kier molecular flexibility index (Phi) is 6.35. The van der Waals surface area contributed by atoms with Gasteiger partial charge in [-0.15, -0.1) is 0 Å². The zero-order valence-electron chi connectivity index (χ0n) is 14.6. The predicted octanol–water partition coefficient (Wildman–Crippen LogP) is 1.05. The van der Waals surface area contributed by atoms with Crippen molar-refractivity contribution in [2.24, 2.45) is 0 Å². The normalized spacial score (nSPS) is 23.7. The first-order valence-corrected chi connectivity index (χ1v) is 9.19. The van der Waals surface area contributed by atoms with Crippen molar-refractivity contribution >= 4 is 0 Å². The third kappa shape index (κ3) is 4.85. The second-order valence-electron chi connectivity index (χ2n) is 7.07. The highest BCUT2D eigenvalue weighted by atomic mass is 16.6. The molecule has 0 bridgehead atoms. The highest BCUT2D eigenvalue weighted by Gasteiger charge is 2.24. The number of quaternary nitrogens is 1. The van der Waals surface area contributed by atoms with E-state index in [1.165, 1.54) is 37.0 Å². The summed E-state index contributed by atoms with van der Waals surface area (Å²) in [7, 11) is 2.19. The summed E-state index contributed by atoms with van der Waals surface area (Å²) in [5.74, 6) is 1.55. The fourth-order valence-corrected chi connectivity index (χ4v) is 3.67. The number of aliphatic hydroxyl groups is 1. The lowest BCUT2D eigenvalue weighted by Gasteiger charge is -2.30. The van der Waals surface area contributed by atoms with Crippen molar-refractivity contribution in [3.63, 3.8) is 0 Å². The fraction of sp³-hybridized carbons (Fsp3) is 0.684. The second kappa shape index (κ2) is 8.70. The Hall–Kier alpha value is -1.30. The maximum atomic E-state index is 10.2. The maximum Gasteiger partial charge on any atom is 0.161 e. The second-order valence-corrected chi connectivity index (χ2v) is 7.07. The van der Waals surface area contributed by atoms with Gasteiger partial charge in [-0.05, 0) is 37.8 Å². The molecule has 3 atom stereocenters. The van der Waals surface area contributed by atoms with Crippen LogP contribution in [0.4, 0.5) is 0 Å². The molecule has 1 heterocycles. The van der Waals surface area contributed by atoms with Crippen LogP contribution in [0.5, 0.6) is 11.5 Å². The molecule has 1 saturated carbocycles. The van der Waals surface area contributed by atoms with Crippen molar-refractivity contribution in [2.75, 3.05) is 33.4 Å². The number of aliphatic hydroxyl groups excluding tert-OH is 1. The molecule has 24 heavy (non-hydrogen) atoms. The topological polar surface area (TPSA) is 52.4 Å². The Morgan fingerprint density at radius 3 is 2.75 bits per heavy atom. The van der Waals surface area contributed by atoms with Crippen molar-refractivity contribution in [1.82, 2.24) is 0 Å². The number of benzene rings is 1. The first-order chi connectivity index (χ1) is 11.7. The highest BCUT2D eigenvalue weighted by Crippen LogP contribution is 2.30. The zero-order valence-corrected chi connectivity index (χ0v) is 14.6. The van der Waals surface area contributed by atoms with Crippen molar-refractivity contribution in [2.45, 2.75) is 50.4 Å². The third-order valence-electron chi connectivity index (χ3n) is 5.04. The Morgan fingerprint density at radius 1 is 1.21 bits per heavy atom. The summed E-state index contributed by atoms with van der Waals surface area (Å²) in [5.41, 5.74) is 0. The minimum absolute atomic E-state index is 0.115. The minimum atomic E-state index is -0.427. The molecule has 0 radical (unpaired) electrons. The highest BCUT2D eigenvalue weighted by molar-refractivity contribution is 5.40. The Balaban J connectivity index is 1.34. The summed E-state index contributed by atoms with van der Waals surface area (Å²) in [4.78, 5) is 1.43. The minimum Gasteiger partial charge on any atom is -0.486 e. The van der Waals surface area contributed by atoms with Crippen molar-refractivity contribution in [3.05, 3.63) is 24.3 Å². The molecular weight excluding hydrogens is 306 g/mol. The summed E-state index contributed by atoms with van der Waals surface area (Å²) in [5, 5.41) is 10.2. The van der Waals surface area contributed by atoms with Crippen LogP contribution in [0.1, 0.15) is 32.1 Å². The average Bonchev–Trinajstić information content (AvgIpc) is 2.62. The number of hydrogen-bond donors (Lipinski definition) is 2. The van der Waals surface area contributed by atoms with Crippen LogP contribution in [0, 0.1) is 0 Å². The van der Waals surface area contributed by atoms with Gasteiger partial charge >= 0.3 is 0 Å². The molecule has 1 aromatic rings. The molecule has 0 saturated heterocycles. The van der Waals surface area contributed by atoms with Gasteiger partial charge in [-0.25, -0.2) is 0 Å². The summed E-state index contributed by atoms with van der Waals surface area (Å²) in [6.45, 7) is 2.02. The van der Waals surface area contributed by atoms with Gasteiger partial charge in [0.25, 0.3) is 0 Å². The Bertz CT molecular complexity index is 504. The molecular formula is C19H30NO4+. The van der Waals surface area contributed by atoms with E-state index in [1.54, 1.807) is 0 Å². The van der Waals surface area contributed by atoms with E-state index in [0.29, 0.717) is 25.9 Å². The van der Waals surface area contributed by atoms with E-state index in [-0.39, 0.29) is 6.10 Å². The maximum absolute atomic E-state index is 10.2. The van der Waals surface area contributed by atoms with Gasteiger partial charge < -0.3 is 24.2 Å². The van der Waals surface area contributed by atoms with Gasteiger partial charge in [0, 0.05) is 0 Å². The monoisotopic (exact) mass is 336 g/mol. The van der Waals surface area contributed by atoms with Gasteiger partial charge in [0.05, 0.1) is 26.3 Å². The van der Waals surface area contributed by atoms with Gasteiger partial charge in [-0.1, -0.05) is 18.6 Å². The molecule has 1 aromatic carbocycles. The van der Waals surface area contributed by atoms with Crippen LogP contribution in [0.15, 0.2) is 24.3 Å². The molecule has 1 fully saturated rings. The largest absolute Gasteiger partial charge is 0.486 e. The SMILES string of the molecule is C[NH+](CC(O)COCC1COc2ccccc2O1)C1CCCCC1. The molecule has 5 nitrogen and oxygen atoms in total. The van der Waals surface area contributed by atoms with Crippen molar-refractivity contribution in [1.29, 1.82) is 0 Å². The standard InChI is InChI=1S/C19H29NO4/c1-20(15-7-3-2-4-8-15)11-16(21)12-22-13-17-14-23-18-9-5-6-10-19(18)24-17/h5-6,9-10,15-17,21H,2-4,7-8,11-14H2,1H3/p+1. The zero-order chi connectivity index (χ0) is 16.8. The number of para-hydroxylation sites is 2. The van der Waals surface area contributed by atoms with Crippen molar-refractivity contribution < 1.29 is 24.2 Å². The number of fused-ring (bicyclic) bond motifs is 1. The van der Waals surface area contributed by atoms with Crippen LogP contribution < -0.4 is 14.4 Å². The molecule has 2 aliphatic rings. The van der Waals surface area contributed by atoms with Gasteiger partial charge in [0.2, 0.25) is 0 Å². The van der Waals surface area contributed by atoms with Crippen LogP contribution in [-0.2, 0) is 4.74 Å². The summed E-state index contributed by atoms with van der Waals surface area (Å²) < 4.78 is 17.2. The molecule has 0 spiro atoms. The number of hydrogen-bond acceptors (Lipinski definition) is 4. The van der Waals surface area contributed by atoms with Gasteiger partial charge in [0.15, 0.2) is 17.6 Å². The summed E-state index contributed by atoms with van der Waals surface area (Å²) >= 11 is 0. The fourth-order valence-electron chi connectivity index (χ4n) is 3.67. The van der Waals surface area contributed by atoms with Crippen LogP contribution in [0.3, 0.4) is 0 Å². The van der Waals surface area contributed by atoms with E-state index >= 15 is 0 Å². The molecule has 3 unspecified atom stereocenters. The lowest BCUT2D eigenvalue weighted by Crippen LogP contribution is -3.14. The molecule has 1 aliphatic heterocycles. The van der Waals surface area contributed by atoms with E-state index in [4.69, 9.17) is 14.2 Å². The molecule has 1 aliphatic carbocycles. The number of ether oxygens (including phenoxy) is 3. The Morgan fingerprint density at radius 2 is 1.96 bits per heavy atom. The summed E-state index contributed by atoms with van der Waals surface area (Å²) in [6.07, 6.45) is 6.05. The van der Waals surface area contributed by atoms with Crippen LogP contribution in [0.25, 0.3) is 0 Å². The van der Waals surface area contributed by atoms with Gasteiger partial charge in [-0.3, -0.25) is 0 Å². The number of rotatable bonds is 7. The van der Waals surface area contributed by atoms with Crippen LogP contribution in [-0.4, -0.2) is 56.8 Å². The third-order valence-corrected chi connectivity index (χ3v) is 5.04. The summed E-state index contributed by atoms with van der Waals surface area (Å²) in [6, 6.07) is 8.36. The van der Waals surface area contributed by atoms with E-state index in [1.807, 2.05) is 24.3 Å². The van der Waals surface area contributed by atoms with Crippen molar-refractivity contribution in [3.8, 4) is 11.5 Å². The smallest absolute Gasteiger partial charge is 0.161 e.